The van der Waals surface area contributed by atoms with Gasteiger partial charge in [-0.25, -0.2) is 14.8 Å². The van der Waals surface area contributed by atoms with Gasteiger partial charge in [0.2, 0.25) is 0 Å². The SMILES string of the molecule is CCc1nc(-c2cncn2C(C)C)sc1C(=O)O. The van der Waals surface area contributed by atoms with Gasteiger partial charge in [0.15, 0.2) is 0 Å². The minimum atomic E-state index is -0.911. The van der Waals surface area contributed by atoms with E-state index in [9.17, 15) is 4.79 Å². The van der Waals surface area contributed by atoms with Crippen LogP contribution in [-0.2, 0) is 6.42 Å². The van der Waals surface area contributed by atoms with E-state index < -0.39 is 5.97 Å². The molecule has 0 aliphatic carbocycles. The Kier molecular flexibility index (Phi) is 3.47. The van der Waals surface area contributed by atoms with Crippen molar-refractivity contribution in [2.75, 3.05) is 0 Å². The summed E-state index contributed by atoms with van der Waals surface area (Å²) in [4.78, 5) is 20.0. The van der Waals surface area contributed by atoms with Crippen LogP contribution in [0.3, 0.4) is 0 Å². The highest BCUT2D eigenvalue weighted by Gasteiger charge is 2.19. The van der Waals surface area contributed by atoms with Crippen LogP contribution in [-0.4, -0.2) is 25.6 Å². The van der Waals surface area contributed by atoms with E-state index in [0.29, 0.717) is 17.0 Å². The molecule has 2 aromatic rings. The minimum absolute atomic E-state index is 0.268. The highest BCUT2D eigenvalue weighted by molar-refractivity contribution is 7.17. The van der Waals surface area contributed by atoms with Gasteiger partial charge in [-0.3, -0.25) is 0 Å². The Labute approximate surface area is 109 Å². The number of rotatable bonds is 4. The number of aromatic carboxylic acids is 1. The smallest absolute Gasteiger partial charge is 0.347 e. The first-order chi connectivity index (χ1) is 8.54. The van der Waals surface area contributed by atoms with Gasteiger partial charge in [0.25, 0.3) is 0 Å². The van der Waals surface area contributed by atoms with Crippen LogP contribution in [0.1, 0.15) is 42.2 Å². The van der Waals surface area contributed by atoms with E-state index >= 15 is 0 Å². The van der Waals surface area contributed by atoms with Crippen LogP contribution in [0.2, 0.25) is 0 Å². The molecule has 0 unspecified atom stereocenters. The molecule has 1 N–H and O–H groups in total. The van der Waals surface area contributed by atoms with Crippen LogP contribution in [0.5, 0.6) is 0 Å². The molecule has 0 bridgehead atoms. The maximum absolute atomic E-state index is 11.1. The van der Waals surface area contributed by atoms with E-state index in [1.807, 2.05) is 11.5 Å². The Morgan fingerprint density at radius 3 is 2.78 bits per heavy atom. The molecule has 0 radical (unpaired) electrons. The number of nitrogens with zero attached hydrogens (tertiary/aromatic N) is 3. The molecule has 5 nitrogen and oxygen atoms in total. The fraction of sp³-hybridized carbons (Fsp3) is 0.417. The quantitative estimate of drug-likeness (QED) is 0.923. The molecule has 0 aliphatic heterocycles. The van der Waals surface area contributed by atoms with E-state index in [1.54, 1.807) is 12.5 Å². The maximum Gasteiger partial charge on any atom is 0.347 e. The molecule has 0 spiro atoms. The average molecular weight is 265 g/mol. The molecule has 18 heavy (non-hydrogen) atoms. The van der Waals surface area contributed by atoms with Crippen molar-refractivity contribution in [3.05, 3.63) is 23.1 Å². The lowest BCUT2D eigenvalue weighted by Crippen LogP contribution is -2.00. The number of aryl methyl sites for hydroxylation is 1. The summed E-state index contributed by atoms with van der Waals surface area (Å²) >= 11 is 1.21. The molecular weight excluding hydrogens is 250 g/mol. The third-order valence-corrected chi connectivity index (χ3v) is 3.78. The number of aromatic nitrogens is 3. The van der Waals surface area contributed by atoms with Crippen molar-refractivity contribution in [3.8, 4) is 10.7 Å². The average Bonchev–Trinajstić information content (AvgIpc) is 2.94. The lowest BCUT2D eigenvalue weighted by molar-refractivity contribution is 0.0701. The highest BCUT2D eigenvalue weighted by Crippen LogP contribution is 2.29. The van der Waals surface area contributed by atoms with Gasteiger partial charge in [-0.1, -0.05) is 6.92 Å². The van der Waals surface area contributed by atoms with Crippen LogP contribution in [0.25, 0.3) is 10.7 Å². The van der Waals surface area contributed by atoms with Gasteiger partial charge in [-0.05, 0) is 20.3 Å². The summed E-state index contributed by atoms with van der Waals surface area (Å²) in [6.45, 7) is 6.01. The summed E-state index contributed by atoms with van der Waals surface area (Å²) in [6.07, 6.45) is 4.09. The predicted octanol–water partition coefficient (Wildman–Crippen LogP) is 2.85. The molecule has 96 valence electrons. The third kappa shape index (κ3) is 2.15. The second-order valence-electron chi connectivity index (χ2n) is 4.23. The zero-order chi connectivity index (χ0) is 13.3. The second kappa shape index (κ2) is 4.89. The Hall–Kier alpha value is -1.69. The fourth-order valence-electron chi connectivity index (χ4n) is 1.75. The van der Waals surface area contributed by atoms with E-state index in [0.717, 1.165) is 10.7 Å². The van der Waals surface area contributed by atoms with E-state index in [4.69, 9.17) is 5.11 Å². The number of hydrogen-bond donors (Lipinski definition) is 1. The number of thiazole rings is 1. The number of carbonyl (C=O) groups is 1. The Morgan fingerprint density at radius 2 is 2.28 bits per heavy atom. The van der Waals surface area contributed by atoms with Gasteiger partial charge in [0.1, 0.15) is 9.88 Å². The largest absolute Gasteiger partial charge is 0.477 e. The molecule has 0 saturated heterocycles. The van der Waals surface area contributed by atoms with Gasteiger partial charge in [-0.15, -0.1) is 11.3 Å². The summed E-state index contributed by atoms with van der Waals surface area (Å²) < 4.78 is 1.99. The van der Waals surface area contributed by atoms with Crippen molar-refractivity contribution in [3.63, 3.8) is 0 Å². The van der Waals surface area contributed by atoms with Gasteiger partial charge < -0.3 is 9.67 Å². The normalized spacial score (nSPS) is 11.1. The number of hydrogen-bond acceptors (Lipinski definition) is 4. The lowest BCUT2D eigenvalue weighted by atomic mass is 10.3. The van der Waals surface area contributed by atoms with Crippen LogP contribution < -0.4 is 0 Å². The number of carboxylic acid groups (broad SMARTS) is 1. The monoisotopic (exact) mass is 265 g/mol. The second-order valence-corrected chi connectivity index (χ2v) is 5.23. The molecule has 6 heteroatoms. The third-order valence-electron chi connectivity index (χ3n) is 2.67. The van der Waals surface area contributed by atoms with Crippen molar-refractivity contribution < 1.29 is 9.90 Å². The highest BCUT2D eigenvalue weighted by atomic mass is 32.1. The van der Waals surface area contributed by atoms with Gasteiger partial charge in [0.05, 0.1) is 23.9 Å². The topological polar surface area (TPSA) is 68.0 Å². The van der Waals surface area contributed by atoms with Crippen LogP contribution in [0, 0.1) is 0 Å². The Balaban J connectivity index is 2.51. The zero-order valence-electron chi connectivity index (χ0n) is 10.5. The van der Waals surface area contributed by atoms with Crippen molar-refractivity contribution >= 4 is 17.3 Å². The van der Waals surface area contributed by atoms with Crippen molar-refractivity contribution in [1.29, 1.82) is 0 Å². The molecule has 0 amide bonds. The molecule has 0 atom stereocenters. The zero-order valence-corrected chi connectivity index (χ0v) is 11.4. The van der Waals surface area contributed by atoms with E-state index in [1.165, 1.54) is 11.3 Å². The fourth-order valence-corrected chi connectivity index (χ4v) is 2.76. The van der Waals surface area contributed by atoms with E-state index in [2.05, 4.69) is 23.8 Å². The molecule has 2 aromatic heterocycles. The van der Waals surface area contributed by atoms with Crippen LogP contribution >= 0.6 is 11.3 Å². The molecule has 0 fully saturated rings. The first-order valence-corrected chi connectivity index (χ1v) is 6.61. The van der Waals surface area contributed by atoms with Crippen molar-refractivity contribution in [2.24, 2.45) is 0 Å². The first-order valence-electron chi connectivity index (χ1n) is 5.79. The molecule has 0 aliphatic rings. The number of carboxylic acids is 1. The summed E-state index contributed by atoms with van der Waals surface area (Å²) in [5.74, 6) is -0.911. The Bertz CT molecular complexity index is 572. The molecule has 2 rings (SSSR count). The molecule has 2 heterocycles. The number of imidazole rings is 1. The Morgan fingerprint density at radius 1 is 1.56 bits per heavy atom. The summed E-state index contributed by atoms with van der Waals surface area (Å²) in [5.41, 5.74) is 1.51. The first kappa shape index (κ1) is 12.8. The standard InChI is InChI=1S/C12H15N3O2S/c1-4-8-10(12(16)17)18-11(14-8)9-5-13-6-15(9)7(2)3/h5-7H,4H2,1-3H3,(H,16,17). The summed E-state index contributed by atoms with van der Waals surface area (Å²) in [6, 6.07) is 0.268. The van der Waals surface area contributed by atoms with Gasteiger partial charge in [0, 0.05) is 6.04 Å². The van der Waals surface area contributed by atoms with Gasteiger partial charge >= 0.3 is 5.97 Å². The molecular formula is C12H15N3O2S. The minimum Gasteiger partial charge on any atom is -0.477 e. The molecule has 0 aromatic carbocycles. The van der Waals surface area contributed by atoms with Crippen molar-refractivity contribution in [1.82, 2.24) is 14.5 Å². The maximum atomic E-state index is 11.1. The summed E-state index contributed by atoms with van der Waals surface area (Å²) in [5, 5.41) is 9.85. The summed E-state index contributed by atoms with van der Waals surface area (Å²) in [7, 11) is 0. The van der Waals surface area contributed by atoms with Crippen LogP contribution in [0.4, 0.5) is 0 Å². The van der Waals surface area contributed by atoms with E-state index in [-0.39, 0.29) is 6.04 Å². The molecule has 0 saturated carbocycles. The van der Waals surface area contributed by atoms with Crippen molar-refractivity contribution in [2.45, 2.75) is 33.2 Å². The van der Waals surface area contributed by atoms with Crippen LogP contribution in [0.15, 0.2) is 12.5 Å². The lowest BCUT2D eigenvalue weighted by Gasteiger charge is -2.09. The predicted molar refractivity (Wildman–Crippen MR) is 70.1 cm³/mol. The van der Waals surface area contributed by atoms with Gasteiger partial charge in [-0.2, -0.15) is 0 Å².